The van der Waals surface area contributed by atoms with Crippen LogP contribution in [-0.2, 0) is 11.3 Å². The zero-order valence-electron chi connectivity index (χ0n) is 17.3. The Balaban J connectivity index is 1.30. The molecule has 0 saturated carbocycles. The van der Waals surface area contributed by atoms with Crippen molar-refractivity contribution in [3.63, 3.8) is 0 Å². The normalized spacial score (nSPS) is 16.7. The smallest absolute Gasteiger partial charge is 0.231 e. The van der Waals surface area contributed by atoms with Crippen molar-refractivity contribution < 1.29 is 14.3 Å². The molecule has 1 aromatic carbocycles. The molecule has 0 aliphatic carbocycles. The molecule has 1 amide bonds. The van der Waals surface area contributed by atoms with Crippen LogP contribution in [0.4, 0.5) is 11.5 Å². The summed E-state index contributed by atoms with van der Waals surface area (Å²) in [5.74, 6) is 2.60. The van der Waals surface area contributed by atoms with Crippen molar-refractivity contribution in [2.75, 3.05) is 43.2 Å². The lowest BCUT2D eigenvalue weighted by Crippen LogP contribution is -2.46. The second kappa shape index (κ2) is 7.91. The van der Waals surface area contributed by atoms with Gasteiger partial charge in [-0.15, -0.1) is 0 Å². The van der Waals surface area contributed by atoms with E-state index in [1.165, 1.54) is 5.56 Å². The number of amides is 1. The highest BCUT2D eigenvalue weighted by Gasteiger charge is 2.22. The first-order valence-corrected chi connectivity index (χ1v) is 10.0. The molecule has 0 radical (unpaired) electrons. The second-order valence-corrected chi connectivity index (χ2v) is 8.56. The van der Waals surface area contributed by atoms with Gasteiger partial charge in [0.05, 0.1) is 11.9 Å². The number of fused-ring (bicyclic) bond motifs is 1. The van der Waals surface area contributed by atoms with Crippen molar-refractivity contribution in [1.82, 2.24) is 9.88 Å². The fourth-order valence-electron chi connectivity index (χ4n) is 3.40. The number of anilines is 2. The number of pyridine rings is 1. The maximum Gasteiger partial charge on any atom is 0.231 e. The molecule has 1 fully saturated rings. The van der Waals surface area contributed by atoms with Gasteiger partial charge in [-0.05, 0) is 29.8 Å². The van der Waals surface area contributed by atoms with Crippen molar-refractivity contribution >= 4 is 17.4 Å². The highest BCUT2D eigenvalue weighted by atomic mass is 16.7. The van der Waals surface area contributed by atoms with E-state index >= 15 is 0 Å². The molecular weight excluding hydrogens is 368 g/mol. The van der Waals surface area contributed by atoms with Crippen molar-refractivity contribution in [1.29, 1.82) is 0 Å². The molecule has 4 rings (SSSR count). The molecule has 0 unspecified atom stereocenters. The number of ether oxygens (including phenoxy) is 2. The van der Waals surface area contributed by atoms with Crippen LogP contribution in [-0.4, -0.2) is 48.8 Å². The Kier molecular flexibility index (Phi) is 5.32. The molecule has 1 aromatic heterocycles. The Morgan fingerprint density at radius 1 is 1.07 bits per heavy atom. The summed E-state index contributed by atoms with van der Waals surface area (Å²) in [6, 6.07) is 10.1. The first kappa shape index (κ1) is 19.5. The number of carbonyl (C=O) groups is 1. The van der Waals surface area contributed by atoms with Crippen LogP contribution < -0.4 is 19.7 Å². The predicted molar refractivity (Wildman–Crippen MR) is 112 cm³/mol. The minimum Gasteiger partial charge on any atom is -0.454 e. The maximum atomic E-state index is 12.1. The number of nitrogens with zero attached hydrogens (tertiary/aromatic N) is 3. The number of hydrogen-bond donors (Lipinski definition) is 1. The standard InChI is InChI=1S/C22H28N4O3/c1-22(2,3)21(27)24-17-5-7-20(23-13-17)26-10-8-25(9-11-26)14-16-4-6-18-19(12-16)29-15-28-18/h4-7,12-13H,8-11,14-15H2,1-3H3,(H,24,27). The Labute approximate surface area is 171 Å². The summed E-state index contributed by atoms with van der Waals surface area (Å²) in [7, 11) is 0. The van der Waals surface area contributed by atoms with Crippen LogP contribution in [0.25, 0.3) is 0 Å². The lowest BCUT2D eigenvalue weighted by Gasteiger charge is -2.35. The van der Waals surface area contributed by atoms with E-state index in [0.717, 1.165) is 55.7 Å². The van der Waals surface area contributed by atoms with Crippen LogP contribution in [0.15, 0.2) is 36.5 Å². The minimum absolute atomic E-state index is 0.0100. The third-order valence-corrected chi connectivity index (χ3v) is 5.23. The monoisotopic (exact) mass is 396 g/mol. The topological polar surface area (TPSA) is 66.9 Å². The van der Waals surface area contributed by atoms with Gasteiger partial charge >= 0.3 is 0 Å². The van der Waals surface area contributed by atoms with Crippen molar-refractivity contribution in [3.05, 3.63) is 42.1 Å². The van der Waals surface area contributed by atoms with Crippen molar-refractivity contribution in [2.24, 2.45) is 5.41 Å². The van der Waals surface area contributed by atoms with E-state index in [1.54, 1.807) is 6.20 Å². The van der Waals surface area contributed by atoms with E-state index in [4.69, 9.17) is 9.47 Å². The number of nitrogens with one attached hydrogen (secondary N) is 1. The largest absolute Gasteiger partial charge is 0.454 e. The summed E-state index contributed by atoms with van der Waals surface area (Å²) in [6.07, 6.45) is 1.73. The van der Waals surface area contributed by atoms with E-state index in [0.29, 0.717) is 6.79 Å². The first-order chi connectivity index (χ1) is 13.9. The first-order valence-electron chi connectivity index (χ1n) is 10.0. The molecule has 2 aliphatic rings. The fraction of sp³-hybridized carbons (Fsp3) is 0.455. The van der Waals surface area contributed by atoms with E-state index in [1.807, 2.05) is 39.0 Å². The highest BCUT2D eigenvalue weighted by Crippen LogP contribution is 2.33. The second-order valence-electron chi connectivity index (χ2n) is 8.56. The average molecular weight is 396 g/mol. The van der Waals surface area contributed by atoms with Gasteiger partial charge in [0.15, 0.2) is 11.5 Å². The predicted octanol–water partition coefficient (Wildman–Crippen LogP) is 3.12. The number of rotatable bonds is 4. The third-order valence-electron chi connectivity index (χ3n) is 5.23. The van der Waals surface area contributed by atoms with Gasteiger partial charge in [0.2, 0.25) is 12.7 Å². The van der Waals surface area contributed by atoms with Gasteiger partial charge in [-0.3, -0.25) is 9.69 Å². The summed E-state index contributed by atoms with van der Waals surface area (Å²) >= 11 is 0. The van der Waals surface area contributed by atoms with Crippen LogP contribution >= 0.6 is 0 Å². The third kappa shape index (κ3) is 4.62. The van der Waals surface area contributed by atoms with Crippen LogP contribution in [0, 0.1) is 5.41 Å². The molecule has 0 bridgehead atoms. The zero-order chi connectivity index (χ0) is 20.4. The summed E-state index contributed by atoms with van der Waals surface area (Å²) in [6.45, 7) is 10.7. The quantitative estimate of drug-likeness (QED) is 0.857. The van der Waals surface area contributed by atoms with Crippen LogP contribution in [0.3, 0.4) is 0 Å². The van der Waals surface area contributed by atoms with E-state index in [9.17, 15) is 4.79 Å². The lowest BCUT2D eigenvalue weighted by molar-refractivity contribution is -0.123. The molecule has 1 saturated heterocycles. The van der Waals surface area contributed by atoms with Gasteiger partial charge in [0.25, 0.3) is 0 Å². The SMILES string of the molecule is CC(C)(C)C(=O)Nc1ccc(N2CCN(Cc3ccc4c(c3)OCO4)CC2)nc1. The van der Waals surface area contributed by atoms with E-state index < -0.39 is 5.41 Å². The van der Waals surface area contributed by atoms with Crippen molar-refractivity contribution in [3.8, 4) is 11.5 Å². The Hall–Kier alpha value is -2.80. The average Bonchev–Trinajstić information content (AvgIpc) is 3.16. The van der Waals surface area contributed by atoms with Crippen LogP contribution in [0.2, 0.25) is 0 Å². The van der Waals surface area contributed by atoms with Crippen molar-refractivity contribution in [2.45, 2.75) is 27.3 Å². The molecule has 0 atom stereocenters. The molecule has 7 heteroatoms. The summed E-state index contributed by atoms with van der Waals surface area (Å²) in [5, 5.41) is 2.92. The number of hydrogen-bond acceptors (Lipinski definition) is 6. The highest BCUT2D eigenvalue weighted by molar-refractivity contribution is 5.94. The van der Waals surface area contributed by atoms with E-state index in [-0.39, 0.29) is 5.91 Å². The molecule has 3 heterocycles. The number of piperazine rings is 1. The number of carbonyl (C=O) groups excluding carboxylic acids is 1. The molecule has 1 N–H and O–H groups in total. The lowest BCUT2D eigenvalue weighted by atomic mass is 9.96. The van der Waals surface area contributed by atoms with Gasteiger partial charge < -0.3 is 19.7 Å². The summed E-state index contributed by atoms with van der Waals surface area (Å²) in [4.78, 5) is 21.4. The molecule has 0 spiro atoms. The van der Waals surface area contributed by atoms with Gasteiger partial charge in [-0.1, -0.05) is 26.8 Å². The molecule has 154 valence electrons. The zero-order valence-corrected chi connectivity index (χ0v) is 17.3. The van der Waals surface area contributed by atoms with E-state index in [2.05, 4.69) is 32.2 Å². The summed E-state index contributed by atoms with van der Waals surface area (Å²) < 4.78 is 10.9. The van der Waals surface area contributed by atoms with Gasteiger partial charge in [-0.25, -0.2) is 4.98 Å². The fourth-order valence-corrected chi connectivity index (χ4v) is 3.40. The van der Waals surface area contributed by atoms with Gasteiger partial charge in [0, 0.05) is 38.1 Å². The number of aromatic nitrogens is 1. The van der Waals surface area contributed by atoms with Gasteiger partial charge in [0.1, 0.15) is 5.82 Å². The Bertz CT molecular complexity index is 869. The molecule has 29 heavy (non-hydrogen) atoms. The Morgan fingerprint density at radius 3 is 2.52 bits per heavy atom. The number of benzene rings is 1. The minimum atomic E-state index is -0.424. The van der Waals surface area contributed by atoms with Crippen LogP contribution in [0.5, 0.6) is 11.5 Å². The Morgan fingerprint density at radius 2 is 1.83 bits per heavy atom. The molecule has 2 aliphatic heterocycles. The molecule has 7 nitrogen and oxygen atoms in total. The maximum absolute atomic E-state index is 12.1. The molecular formula is C22H28N4O3. The van der Waals surface area contributed by atoms with Gasteiger partial charge in [-0.2, -0.15) is 0 Å². The molecule has 2 aromatic rings. The van der Waals surface area contributed by atoms with Crippen LogP contribution in [0.1, 0.15) is 26.3 Å². The summed E-state index contributed by atoms with van der Waals surface area (Å²) in [5.41, 5.74) is 1.54.